The zero-order valence-corrected chi connectivity index (χ0v) is 31.2. The van der Waals surface area contributed by atoms with Gasteiger partial charge in [-0.05, 0) is 118 Å². The highest BCUT2D eigenvalue weighted by Gasteiger charge is 2.40. The van der Waals surface area contributed by atoms with Crippen LogP contribution in [0.25, 0.3) is 110 Å². The molecule has 0 aliphatic heterocycles. The second-order valence-corrected chi connectivity index (χ2v) is 16.0. The minimum absolute atomic E-state index is 0.215. The molecule has 1 nitrogen and oxygen atoms in total. The van der Waals surface area contributed by atoms with Crippen LogP contribution in [0.4, 0.5) is 0 Å². The van der Waals surface area contributed by atoms with Crippen LogP contribution in [-0.4, -0.2) is 0 Å². The van der Waals surface area contributed by atoms with Gasteiger partial charge in [-0.15, -0.1) is 0 Å². The molecule has 56 heavy (non-hydrogen) atoms. The van der Waals surface area contributed by atoms with E-state index in [0.717, 1.165) is 16.6 Å². The molecular weight excluding hydrogens is 677 g/mol. The summed E-state index contributed by atoms with van der Waals surface area (Å²) in [6.45, 7) is 4.78. The monoisotopic (exact) mass is 712 g/mol. The fourth-order valence-corrected chi connectivity index (χ4v) is 10.1. The molecule has 0 unspecified atom stereocenters. The Morgan fingerprint density at radius 2 is 0.946 bits per heavy atom. The molecule has 12 rings (SSSR count). The molecule has 1 heteroatoms. The zero-order chi connectivity index (χ0) is 37.1. The Bertz CT molecular complexity index is 3390. The van der Waals surface area contributed by atoms with Crippen molar-refractivity contribution in [2.24, 2.45) is 0 Å². The summed E-state index contributed by atoms with van der Waals surface area (Å²) in [5, 5.41) is 12.3. The first kappa shape index (κ1) is 31.4. The van der Waals surface area contributed by atoms with Crippen molar-refractivity contribution >= 4 is 65.0 Å². The Morgan fingerprint density at radius 3 is 1.68 bits per heavy atom. The summed E-state index contributed by atoms with van der Waals surface area (Å²) in [7, 11) is 0. The third kappa shape index (κ3) is 4.31. The molecule has 0 bridgehead atoms. The van der Waals surface area contributed by atoms with Crippen LogP contribution in [0.1, 0.15) is 25.0 Å². The van der Waals surface area contributed by atoms with E-state index in [4.69, 9.17) is 4.42 Å². The molecule has 0 saturated heterocycles. The standard InChI is InChI=1S/C55H36O/c1-55(2)47-25-12-11-24-44(47)52-51-45-29-28-34-15-5-6-19-39(34)54(45)56-48(51)32-46(53(52)55)36-17-13-18-37(31-36)49-40-20-7-9-22-42(40)50(43-23-10-8-21-41(43)49)38-27-26-33-14-3-4-16-35(33)30-38/h3-32H,1-2H3. The lowest BCUT2D eigenvalue weighted by Gasteiger charge is -2.25. The average molecular weight is 713 g/mol. The number of rotatable bonds is 3. The van der Waals surface area contributed by atoms with E-state index in [0.29, 0.717) is 0 Å². The maximum absolute atomic E-state index is 6.95. The summed E-state index contributed by atoms with van der Waals surface area (Å²) in [6.07, 6.45) is 0. The van der Waals surface area contributed by atoms with Crippen molar-refractivity contribution in [3.05, 3.63) is 193 Å². The van der Waals surface area contributed by atoms with Crippen molar-refractivity contribution < 1.29 is 4.42 Å². The van der Waals surface area contributed by atoms with E-state index in [1.807, 2.05) is 0 Å². The lowest BCUT2D eigenvalue weighted by atomic mass is 9.78. The molecule has 0 atom stereocenters. The van der Waals surface area contributed by atoms with Crippen LogP contribution < -0.4 is 0 Å². The van der Waals surface area contributed by atoms with Crippen LogP contribution in [0.3, 0.4) is 0 Å². The Hall–Kier alpha value is -6.96. The maximum atomic E-state index is 6.95. The Labute approximate surface area is 325 Å². The summed E-state index contributed by atoms with van der Waals surface area (Å²) in [5.41, 5.74) is 14.4. The maximum Gasteiger partial charge on any atom is 0.143 e. The average Bonchev–Trinajstić information content (AvgIpc) is 3.74. The Morgan fingerprint density at radius 1 is 0.375 bits per heavy atom. The molecule has 0 radical (unpaired) electrons. The number of benzene rings is 10. The van der Waals surface area contributed by atoms with Gasteiger partial charge in [-0.3, -0.25) is 0 Å². The van der Waals surface area contributed by atoms with Gasteiger partial charge in [0.1, 0.15) is 11.2 Å². The first-order valence-electron chi connectivity index (χ1n) is 19.6. The predicted octanol–water partition coefficient (Wildman–Crippen LogP) is 15.5. The molecule has 1 aliphatic rings. The van der Waals surface area contributed by atoms with Crippen LogP contribution in [-0.2, 0) is 5.41 Å². The summed E-state index contributed by atoms with van der Waals surface area (Å²) in [4.78, 5) is 0. The summed E-state index contributed by atoms with van der Waals surface area (Å²) < 4.78 is 6.95. The fraction of sp³-hybridized carbons (Fsp3) is 0.0545. The van der Waals surface area contributed by atoms with Gasteiger partial charge in [0, 0.05) is 21.6 Å². The minimum atomic E-state index is -0.215. The summed E-state index contributed by atoms with van der Waals surface area (Å²) >= 11 is 0. The summed E-state index contributed by atoms with van der Waals surface area (Å²) in [5.74, 6) is 0. The molecule has 1 heterocycles. The molecule has 0 fully saturated rings. The lowest BCUT2D eigenvalue weighted by molar-refractivity contribution is 0.659. The van der Waals surface area contributed by atoms with Crippen molar-refractivity contribution in [3.8, 4) is 44.5 Å². The van der Waals surface area contributed by atoms with Crippen LogP contribution in [0.5, 0.6) is 0 Å². The van der Waals surface area contributed by atoms with Crippen LogP contribution in [0.15, 0.2) is 186 Å². The highest BCUT2D eigenvalue weighted by Crippen LogP contribution is 2.57. The zero-order valence-electron chi connectivity index (χ0n) is 31.2. The van der Waals surface area contributed by atoms with Crippen molar-refractivity contribution in [3.63, 3.8) is 0 Å². The summed E-state index contributed by atoms with van der Waals surface area (Å²) in [6, 6.07) is 67.0. The molecule has 262 valence electrons. The topological polar surface area (TPSA) is 13.1 Å². The van der Waals surface area contributed by atoms with Crippen molar-refractivity contribution in [1.29, 1.82) is 0 Å². The SMILES string of the molecule is CC1(C)c2ccccc2-c2c1c(-c1cccc(-c3c4ccccc4c(-c4ccc5ccccc5c4)c4ccccc34)c1)cc1oc3c4ccccc4ccc3c21. The van der Waals surface area contributed by atoms with Crippen LogP contribution in [0.2, 0.25) is 0 Å². The van der Waals surface area contributed by atoms with Gasteiger partial charge < -0.3 is 4.42 Å². The van der Waals surface area contributed by atoms with E-state index >= 15 is 0 Å². The number of fused-ring (bicyclic) bond motifs is 12. The molecule has 0 spiro atoms. The van der Waals surface area contributed by atoms with E-state index in [1.54, 1.807) is 0 Å². The number of furan rings is 1. The quantitative estimate of drug-likeness (QED) is 0.166. The highest BCUT2D eigenvalue weighted by molar-refractivity contribution is 6.23. The normalized spacial score (nSPS) is 13.3. The van der Waals surface area contributed by atoms with Gasteiger partial charge in [-0.1, -0.05) is 172 Å². The van der Waals surface area contributed by atoms with Gasteiger partial charge in [0.25, 0.3) is 0 Å². The van der Waals surface area contributed by atoms with E-state index in [-0.39, 0.29) is 5.41 Å². The van der Waals surface area contributed by atoms with E-state index < -0.39 is 0 Å². The fourth-order valence-electron chi connectivity index (χ4n) is 10.1. The third-order valence-corrected chi connectivity index (χ3v) is 12.6. The van der Waals surface area contributed by atoms with E-state index in [9.17, 15) is 0 Å². The van der Waals surface area contributed by atoms with Crippen molar-refractivity contribution in [2.75, 3.05) is 0 Å². The van der Waals surface area contributed by atoms with Gasteiger partial charge in [0.2, 0.25) is 0 Å². The minimum Gasteiger partial charge on any atom is -0.455 e. The molecule has 1 aromatic heterocycles. The third-order valence-electron chi connectivity index (χ3n) is 12.6. The van der Waals surface area contributed by atoms with Crippen molar-refractivity contribution in [2.45, 2.75) is 19.3 Å². The second-order valence-electron chi connectivity index (χ2n) is 16.0. The Kier molecular flexibility index (Phi) is 6.46. The molecular formula is C55H36O. The highest BCUT2D eigenvalue weighted by atomic mass is 16.3. The van der Waals surface area contributed by atoms with E-state index in [1.165, 1.54) is 104 Å². The molecule has 10 aromatic carbocycles. The smallest absolute Gasteiger partial charge is 0.143 e. The molecule has 0 saturated carbocycles. The van der Waals surface area contributed by atoms with Crippen molar-refractivity contribution in [1.82, 2.24) is 0 Å². The first-order chi connectivity index (χ1) is 27.5. The molecule has 0 amide bonds. The predicted molar refractivity (Wildman–Crippen MR) is 238 cm³/mol. The Balaban J connectivity index is 1.14. The largest absolute Gasteiger partial charge is 0.455 e. The van der Waals surface area contributed by atoms with Crippen LogP contribution >= 0.6 is 0 Å². The number of hydrogen-bond acceptors (Lipinski definition) is 1. The van der Waals surface area contributed by atoms with Gasteiger partial charge in [-0.2, -0.15) is 0 Å². The molecule has 0 N–H and O–H groups in total. The van der Waals surface area contributed by atoms with Gasteiger partial charge >= 0.3 is 0 Å². The van der Waals surface area contributed by atoms with Gasteiger partial charge in [0.15, 0.2) is 0 Å². The first-order valence-corrected chi connectivity index (χ1v) is 19.6. The van der Waals surface area contributed by atoms with Crippen LogP contribution in [0, 0.1) is 0 Å². The number of hydrogen-bond donors (Lipinski definition) is 0. The van der Waals surface area contributed by atoms with Gasteiger partial charge in [0.05, 0.1) is 0 Å². The van der Waals surface area contributed by atoms with Gasteiger partial charge in [-0.25, -0.2) is 0 Å². The second kappa shape index (κ2) is 11.5. The van der Waals surface area contributed by atoms with E-state index in [2.05, 4.69) is 196 Å². The molecule has 11 aromatic rings. The lowest BCUT2D eigenvalue weighted by Crippen LogP contribution is -2.16. The molecule has 1 aliphatic carbocycles.